The van der Waals surface area contributed by atoms with E-state index in [-0.39, 0.29) is 0 Å². The van der Waals surface area contributed by atoms with Crippen molar-refractivity contribution in [1.82, 2.24) is 15.0 Å². The number of nitrogens with one attached hydrogen (secondary N) is 2. The third-order valence-electron chi connectivity index (χ3n) is 4.22. The van der Waals surface area contributed by atoms with E-state index in [1.165, 1.54) is 28.0 Å². The van der Waals surface area contributed by atoms with Crippen molar-refractivity contribution in [2.75, 3.05) is 10.6 Å². The first-order valence-corrected chi connectivity index (χ1v) is 9.20. The maximum absolute atomic E-state index is 4.72. The predicted molar refractivity (Wildman–Crippen MR) is 109 cm³/mol. The molecule has 0 aliphatic heterocycles. The molecule has 0 atom stereocenters. The molecule has 0 unspecified atom stereocenters. The Hall–Kier alpha value is -2.99. The first-order chi connectivity index (χ1) is 12.6. The maximum atomic E-state index is 4.72. The largest absolute Gasteiger partial charge is 0.338 e. The number of anilines is 4. The molecule has 0 fully saturated rings. The van der Waals surface area contributed by atoms with Gasteiger partial charge >= 0.3 is 0 Å². The highest BCUT2D eigenvalue weighted by molar-refractivity contribution is 7.21. The monoisotopic (exact) mass is 361 g/mol. The Morgan fingerprint density at radius 2 is 1.58 bits per heavy atom. The molecule has 4 rings (SSSR count). The van der Waals surface area contributed by atoms with Crippen LogP contribution in [0.25, 0.3) is 10.3 Å². The van der Waals surface area contributed by atoms with Crippen molar-refractivity contribution in [3.05, 3.63) is 65.5 Å². The van der Waals surface area contributed by atoms with E-state index in [2.05, 4.69) is 71.7 Å². The van der Waals surface area contributed by atoms with E-state index in [1.807, 2.05) is 12.1 Å². The number of rotatable bonds is 4. The number of thiazole rings is 1. The van der Waals surface area contributed by atoms with Crippen molar-refractivity contribution in [2.24, 2.45) is 0 Å². The number of nitrogens with zero attached hydrogens (tertiary/aromatic N) is 3. The molecule has 26 heavy (non-hydrogen) atoms. The summed E-state index contributed by atoms with van der Waals surface area (Å²) in [5.41, 5.74) is 6.44. The Balaban J connectivity index is 1.68. The highest BCUT2D eigenvalue weighted by Gasteiger charge is 2.12. The van der Waals surface area contributed by atoms with Gasteiger partial charge in [0.25, 0.3) is 0 Å². The molecule has 0 aliphatic carbocycles. The zero-order valence-corrected chi connectivity index (χ0v) is 15.7. The van der Waals surface area contributed by atoms with Gasteiger partial charge in [0.05, 0.1) is 0 Å². The van der Waals surface area contributed by atoms with Crippen molar-refractivity contribution >= 4 is 44.0 Å². The third-order valence-corrected chi connectivity index (χ3v) is 5.10. The molecule has 2 aromatic heterocycles. The van der Waals surface area contributed by atoms with Crippen LogP contribution in [-0.2, 0) is 0 Å². The average Bonchev–Trinajstić information content (AvgIpc) is 3.04. The van der Waals surface area contributed by atoms with E-state index in [0.717, 1.165) is 26.9 Å². The van der Waals surface area contributed by atoms with E-state index >= 15 is 0 Å². The lowest BCUT2D eigenvalue weighted by molar-refractivity contribution is 1.21. The summed E-state index contributed by atoms with van der Waals surface area (Å²) in [6.07, 6.45) is 1.57. The zero-order valence-electron chi connectivity index (χ0n) is 14.9. The number of benzene rings is 2. The van der Waals surface area contributed by atoms with Crippen LogP contribution in [0.5, 0.6) is 0 Å². The van der Waals surface area contributed by atoms with Gasteiger partial charge in [-0.25, -0.2) is 15.0 Å². The van der Waals surface area contributed by atoms with Gasteiger partial charge < -0.3 is 10.6 Å². The van der Waals surface area contributed by atoms with Gasteiger partial charge in [-0.15, -0.1) is 0 Å². The number of aromatic nitrogens is 3. The predicted octanol–water partition coefficient (Wildman–Crippen LogP) is 5.50. The minimum absolute atomic E-state index is 0.713. The molecule has 0 amide bonds. The molecule has 0 aliphatic rings. The summed E-state index contributed by atoms with van der Waals surface area (Å²) in [7, 11) is 0. The Bertz CT molecular complexity index is 1050. The molecular formula is C20H19N5S. The zero-order chi connectivity index (χ0) is 18.1. The van der Waals surface area contributed by atoms with Gasteiger partial charge in [0, 0.05) is 11.4 Å². The number of aryl methyl sites for hydroxylation is 3. The van der Waals surface area contributed by atoms with Crippen molar-refractivity contribution < 1.29 is 0 Å². The van der Waals surface area contributed by atoms with E-state index in [1.54, 1.807) is 6.33 Å². The second kappa shape index (κ2) is 6.72. The summed E-state index contributed by atoms with van der Waals surface area (Å²) in [6, 6.07) is 14.4. The molecule has 2 aromatic carbocycles. The third kappa shape index (κ3) is 3.23. The topological polar surface area (TPSA) is 62.7 Å². The fourth-order valence-electron chi connectivity index (χ4n) is 2.79. The van der Waals surface area contributed by atoms with Crippen molar-refractivity contribution in [1.29, 1.82) is 0 Å². The Morgan fingerprint density at radius 1 is 0.846 bits per heavy atom. The standard InChI is InChI=1S/C20H19N5S/c1-12-7-9-15(10-8-12)23-18-17-19(22-11-21-18)26-20(25-17)24-16-13(2)5-4-6-14(16)3/h4-11H,1-3H3,(H,24,25)(H,21,22,23). The Labute approximate surface area is 156 Å². The molecule has 0 saturated heterocycles. The normalized spacial score (nSPS) is 10.9. The molecule has 130 valence electrons. The Kier molecular flexibility index (Phi) is 4.26. The van der Waals surface area contributed by atoms with Crippen LogP contribution in [-0.4, -0.2) is 15.0 Å². The summed E-state index contributed by atoms with van der Waals surface area (Å²) in [5.74, 6) is 0.713. The van der Waals surface area contributed by atoms with E-state index in [4.69, 9.17) is 4.98 Å². The highest BCUT2D eigenvalue weighted by atomic mass is 32.1. The van der Waals surface area contributed by atoms with Crippen LogP contribution in [0.3, 0.4) is 0 Å². The first-order valence-electron chi connectivity index (χ1n) is 8.38. The van der Waals surface area contributed by atoms with Crippen LogP contribution < -0.4 is 10.6 Å². The molecule has 0 spiro atoms. The van der Waals surface area contributed by atoms with Gasteiger partial charge in [-0.05, 0) is 44.0 Å². The molecule has 6 heteroatoms. The van der Waals surface area contributed by atoms with Gasteiger partial charge in [0.15, 0.2) is 15.8 Å². The minimum atomic E-state index is 0.713. The van der Waals surface area contributed by atoms with Gasteiger partial charge in [-0.1, -0.05) is 47.2 Å². The van der Waals surface area contributed by atoms with Gasteiger partial charge in [-0.3, -0.25) is 0 Å². The number of fused-ring (bicyclic) bond motifs is 1. The van der Waals surface area contributed by atoms with Crippen LogP contribution >= 0.6 is 11.3 Å². The van der Waals surface area contributed by atoms with Crippen LogP contribution in [0.4, 0.5) is 22.3 Å². The lowest BCUT2D eigenvalue weighted by Crippen LogP contribution is -1.97. The lowest BCUT2D eigenvalue weighted by Gasteiger charge is -2.09. The van der Waals surface area contributed by atoms with E-state index in [0.29, 0.717) is 5.82 Å². The van der Waals surface area contributed by atoms with E-state index in [9.17, 15) is 0 Å². The van der Waals surface area contributed by atoms with Crippen LogP contribution in [0, 0.1) is 20.8 Å². The van der Waals surface area contributed by atoms with E-state index < -0.39 is 0 Å². The molecule has 2 N–H and O–H groups in total. The second-order valence-corrected chi connectivity index (χ2v) is 7.26. The van der Waals surface area contributed by atoms with Crippen molar-refractivity contribution in [3.63, 3.8) is 0 Å². The molecular weight excluding hydrogens is 342 g/mol. The molecule has 5 nitrogen and oxygen atoms in total. The van der Waals surface area contributed by atoms with Gasteiger partial charge in [0.2, 0.25) is 0 Å². The first kappa shape index (κ1) is 16.5. The minimum Gasteiger partial charge on any atom is -0.338 e. The summed E-state index contributed by atoms with van der Waals surface area (Å²) in [4.78, 5) is 14.3. The van der Waals surface area contributed by atoms with Crippen LogP contribution in [0.15, 0.2) is 48.8 Å². The fourth-order valence-corrected chi connectivity index (χ4v) is 3.60. The molecule has 4 aromatic rings. The Morgan fingerprint density at radius 3 is 2.31 bits per heavy atom. The van der Waals surface area contributed by atoms with Gasteiger partial charge in [-0.2, -0.15) is 0 Å². The number of hydrogen-bond acceptors (Lipinski definition) is 6. The summed E-state index contributed by atoms with van der Waals surface area (Å²) in [5, 5.41) is 7.59. The maximum Gasteiger partial charge on any atom is 0.189 e. The highest BCUT2D eigenvalue weighted by Crippen LogP contribution is 2.32. The van der Waals surface area contributed by atoms with Crippen LogP contribution in [0.1, 0.15) is 16.7 Å². The number of hydrogen-bond donors (Lipinski definition) is 2. The lowest BCUT2D eigenvalue weighted by atomic mass is 10.1. The average molecular weight is 361 g/mol. The summed E-state index contributed by atoms with van der Waals surface area (Å²) < 4.78 is 0. The molecule has 0 bridgehead atoms. The fraction of sp³-hybridized carbons (Fsp3) is 0.150. The summed E-state index contributed by atoms with van der Waals surface area (Å²) in [6.45, 7) is 6.25. The van der Waals surface area contributed by atoms with Crippen molar-refractivity contribution in [2.45, 2.75) is 20.8 Å². The van der Waals surface area contributed by atoms with Gasteiger partial charge in [0.1, 0.15) is 11.8 Å². The quantitative estimate of drug-likeness (QED) is 0.502. The molecule has 0 radical (unpaired) electrons. The van der Waals surface area contributed by atoms with Crippen LogP contribution in [0.2, 0.25) is 0 Å². The molecule has 2 heterocycles. The summed E-state index contributed by atoms with van der Waals surface area (Å²) >= 11 is 1.52. The number of para-hydroxylation sites is 1. The molecule has 0 saturated carbocycles. The SMILES string of the molecule is Cc1ccc(Nc2ncnc3sc(Nc4c(C)cccc4C)nc23)cc1. The van der Waals surface area contributed by atoms with Crippen molar-refractivity contribution in [3.8, 4) is 0 Å². The second-order valence-electron chi connectivity index (χ2n) is 6.28. The smallest absolute Gasteiger partial charge is 0.189 e.